The van der Waals surface area contributed by atoms with Gasteiger partial charge < -0.3 is 10.1 Å². The average molecular weight is 590 g/mol. The van der Waals surface area contributed by atoms with Gasteiger partial charge in [0, 0.05) is 29.7 Å². The second-order valence-corrected chi connectivity index (χ2v) is 9.13. The largest absolute Gasteiger partial charge is 0.482 e. The van der Waals surface area contributed by atoms with Crippen LogP contribution in [0.1, 0.15) is 18.9 Å². The predicted octanol–water partition coefficient (Wildman–Crippen LogP) is 4.10. The van der Waals surface area contributed by atoms with Gasteiger partial charge in [0.25, 0.3) is 0 Å². The molecule has 27 heavy (non-hydrogen) atoms. The number of hydrogen-bond acceptors (Lipinski definition) is 4. The van der Waals surface area contributed by atoms with Gasteiger partial charge >= 0.3 is 0 Å². The zero-order valence-electron chi connectivity index (χ0n) is 15.3. The first kappa shape index (κ1) is 21.0. The highest BCUT2D eigenvalue weighted by Gasteiger charge is 2.31. The van der Waals surface area contributed by atoms with Crippen molar-refractivity contribution in [1.82, 2.24) is 10.2 Å². The van der Waals surface area contributed by atoms with Crippen molar-refractivity contribution in [3.63, 3.8) is 0 Å². The van der Waals surface area contributed by atoms with Crippen molar-refractivity contribution >= 4 is 51.0 Å². The van der Waals surface area contributed by atoms with Gasteiger partial charge in [-0.15, -0.1) is 0 Å². The van der Waals surface area contributed by atoms with Crippen molar-refractivity contribution < 1.29 is 9.53 Å². The van der Waals surface area contributed by atoms with E-state index < -0.39 is 6.10 Å². The maximum Gasteiger partial charge on any atom is 0.191 e. The van der Waals surface area contributed by atoms with E-state index in [2.05, 4.69) is 85.7 Å². The summed E-state index contributed by atoms with van der Waals surface area (Å²) in [5.41, 5.74) is 1.28. The van der Waals surface area contributed by atoms with Gasteiger partial charge in [0.2, 0.25) is 0 Å². The average Bonchev–Trinajstić information content (AvgIpc) is 2.68. The Labute approximate surface area is 188 Å². The molecule has 2 aromatic carbocycles. The van der Waals surface area contributed by atoms with Crippen molar-refractivity contribution in [3.05, 3.63) is 61.2 Å². The highest BCUT2D eigenvalue weighted by molar-refractivity contribution is 14.1. The summed E-state index contributed by atoms with van der Waals surface area (Å²) in [5.74, 6) is 0.928. The minimum Gasteiger partial charge on any atom is -0.482 e. The van der Waals surface area contributed by atoms with E-state index in [9.17, 15) is 4.79 Å². The van der Waals surface area contributed by atoms with E-state index in [-0.39, 0.29) is 11.8 Å². The molecule has 1 fully saturated rings. The molecule has 144 valence electrons. The van der Waals surface area contributed by atoms with Gasteiger partial charge in [-0.3, -0.25) is 9.69 Å². The second kappa shape index (κ2) is 10.2. The molecule has 0 radical (unpaired) electrons. The quantitative estimate of drug-likeness (QED) is 0.494. The molecule has 0 amide bonds. The number of carbonyl (C=O) groups excluding carboxylic acids is 1. The van der Waals surface area contributed by atoms with E-state index in [1.165, 1.54) is 5.56 Å². The summed E-state index contributed by atoms with van der Waals surface area (Å²) >= 11 is 4.55. The van der Waals surface area contributed by atoms with E-state index in [1.54, 1.807) is 0 Å². The van der Waals surface area contributed by atoms with Crippen LogP contribution in [-0.2, 0) is 11.3 Å². The number of piperazine rings is 1. The Morgan fingerprint density at radius 1 is 1.26 bits per heavy atom. The smallest absolute Gasteiger partial charge is 0.191 e. The van der Waals surface area contributed by atoms with Crippen LogP contribution in [0.25, 0.3) is 0 Å². The molecule has 0 spiro atoms. The SMILES string of the molecule is CCC(Oc1ccc(I)cc1I)C(=O)C1CN(Cc2ccccc2)CCN1. The Balaban J connectivity index is 1.63. The minimum absolute atomic E-state index is 0.143. The van der Waals surface area contributed by atoms with Crippen molar-refractivity contribution in [2.75, 3.05) is 19.6 Å². The van der Waals surface area contributed by atoms with Crippen LogP contribution in [0.5, 0.6) is 5.75 Å². The first-order valence-corrected chi connectivity index (χ1v) is 11.4. The summed E-state index contributed by atoms with van der Waals surface area (Å²) in [6, 6.07) is 16.3. The molecule has 2 atom stereocenters. The van der Waals surface area contributed by atoms with Crippen LogP contribution < -0.4 is 10.1 Å². The van der Waals surface area contributed by atoms with Crippen molar-refractivity contribution in [3.8, 4) is 5.75 Å². The van der Waals surface area contributed by atoms with Gasteiger partial charge in [-0.25, -0.2) is 0 Å². The molecular formula is C21H24I2N2O2. The lowest BCUT2D eigenvalue weighted by Gasteiger charge is -2.34. The summed E-state index contributed by atoms with van der Waals surface area (Å²) in [6.07, 6.45) is 0.241. The lowest BCUT2D eigenvalue weighted by atomic mass is 10.0. The van der Waals surface area contributed by atoms with Crippen LogP contribution in [0.2, 0.25) is 0 Å². The number of ketones is 1. The Kier molecular flexibility index (Phi) is 7.92. The number of halogens is 2. The van der Waals surface area contributed by atoms with Crippen LogP contribution in [0.4, 0.5) is 0 Å². The third kappa shape index (κ3) is 5.88. The van der Waals surface area contributed by atoms with Crippen LogP contribution in [-0.4, -0.2) is 42.5 Å². The second-order valence-electron chi connectivity index (χ2n) is 6.72. The number of Topliss-reactive ketones (excluding diaryl/α,β-unsaturated/α-hetero) is 1. The summed E-state index contributed by atoms with van der Waals surface area (Å²) in [4.78, 5) is 15.4. The Morgan fingerprint density at radius 3 is 2.74 bits per heavy atom. The van der Waals surface area contributed by atoms with Crippen molar-refractivity contribution in [2.45, 2.75) is 32.0 Å². The highest BCUT2D eigenvalue weighted by Crippen LogP contribution is 2.25. The molecule has 2 unspecified atom stereocenters. The summed E-state index contributed by atoms with van der Waals surface area (Å²) in [7, 11) is 0. The predicted molar refractivity (Wildman–Crippen MR) is 125 cm³/mol. The molecule has 1 heterocycles. The molecule has 1 aliphatic rings. The first-order chi connectivity index (χ1) is 13.1. The number of carbonyl (C=O) groups is 1. The normalized spacial score (nSPS) is 18.9. The Bertz CT molecular complexity index is 770. The van der Waals surface area contributed by atoms with E-state index in [0.717, 1.165) is 39.1 Å². The number of ether oxygens (including phenoxy) is 1. The molecule has 3 rings (SSSR count). The molecule has 4 nitrogen and oxygen atoms in total. The zero-order chi connectivity index (χ0) is 19.2. The third-order valence-electron chi connectivity index (χ3n) is 4.70. The number of hydrogen-bond donors (Lipinski definition) is 1. The van der Waals surface area contributed by atoms with Gasteiger partial charge in [0.05, 0.1) is 9.61 Å². The molecule has 0 aliphatic carbocycles. The molecule has 2 aromatic rings. The number of nitrogens with zero attached hydrogens (tertiary/aromatic N) is 1. The van der Waals surface area contributed by atoms with E-state index in [4.69, 9.17) is 4.74 Å². The zero-order valence-corrected chi connectivity index (χ0v) is 19.6. The number of nitrogens with one attached hydrogen (secondary N) is 1. The molecule has 6 heteroatoms. The standard InChI is InChI=1S/C21H24I2N2O2/c1-2-19(27-20-9-8-16(22)12-17(20)23)21(26)18-14-25(11-10-24-18)13-15-6-4-3-5-7-15/h3-9,12,18-19,24H,2,10-11,13-14H2,1H3. The number of rotatable bonds is 7. The summed E-state index contributed by atoms with van der Waals surface area (Å²) in [5, 5.41) is 3.38. The fourth-order valence-electron chi connectivity index (χ4n) is 3.28. The molecular weight excluding hydrogens is 566 g/mol. The van der Waals surface area contributed by atoms with Crippen LogP contribution >= 0.6 is 45.2 Å². The Morgan fingerprint density at radius 2 is 2.04 bits per heavy atom. The summed E-state index contributed by atoms with van der Waals surface area (Å²) in [6.45, 7) is 5.37. The van der Waals surface area contributed by atoms with Gasteiger partial charge in [-0.2, -0.15) is 0 Å². The van der Waals surface area contributed by atoms with Gasteiger partial charge in [0.15, 0.2) is 11.9 Å². The number of benzene rings is 2. The molecule has 0 saturated carbocycles. The van der Waals surface area contributed by atoms with Gasteiger partial charge in [0.1, 0.15) is 5.75 Å². The lowest BCUT2D eigenvalue weighted by Crippen LogP contribution is -2.56. The third-order valence-corrected chi connectivity index (χ3v) is 6.22. The summed E-state index contributed by atoms with van der Waals surface area (Å²) < 4.78 is 8.30. The lowest BCUT2D eigenvalue weighted by molar-refractivity contribution is -0.129. The molecule has 1 N–H and O–H groups in total. The highest BCUT2D eigenvalue weighted by atomic mass is 127. The van der Waals surface area contributed by atoms with Crippen molar-refractivity contribution in [1.29, 1.82) is 0 Å². The molecule has 1 aliphatic heterocycles. The Hall–Kier alpha value is -0.710. The maximum atomic E-state index is 13.1. The topological polar surface area (TPSA) is 41.6 Å². The fourth-order valence-corrected chi connectivity index (χ4v) is 5.01. The molecule has 1 saturated heterocycles. The van der Waals surface area contributed by atoms with Crippen molar-refractivity contribution in [2.24, 2.45) is 0 Å². The molecule has 0 aromatic heterocycles. The maximum absolute atomic E-state index is 13.1. The molecule has 0 bridgehead atoms. The van der Waals surface area contributed by atoms with Crippen LogP contribution in [0.3, 0.4) is 0 Å². The van der Waals surface area contributed by atoms with Crippen LogP contribution in [0.15, 0.2) is 48.5 Å². The van der Waals surface area contributed by atoms with E-state index >= 15 is 0 Å². The van der Waals surface area contributed by atoms with Gasteiger partial charge in [-0.05, 0) is 75.4 Å². The van der Waals surface area contributed by atoms with E-state index in [1.807, 2.05) is 25.1 Å². The fraction of sp³-hybridized carbons (Fsp3) is 0.381. The minimum atomic E-state index is -0.423. The first-order valence-electron chi connectivity index (χ1n) is 9.22. The monoisotopic (exact) mass is 590 g/mol. The van der Waals surface area contributed by atoms with Crippen LogP contribution in [0, 0.1) is 7.14 Å². The van der Waals surface area contributed by atoms with Gasteiger partial charge in [-0.1, -0.05) is 37.3 Å². The van der Waals surface area contributed by atoms with E-state index in [0.29, 0.717) is 6.42 Å².